The number of phenols is 1. The van der Waals surface area contributed by atoms with Crippen LogP contribution < -0.4 is 5.32 Å². The molecule has 5 atom stereocenters. The first-order chi connectivity index (χ1) is 9.22. The Bertz CT molecular complexity index is 498. The van der Waals surface area contributed by atoms with Crippen LogP contribution in [0.2, 0.25) is 0 Å². The van der Waals surface area contributed by atoms with Gasteiger partial charge in [-0.05, 0) is 80.0 Å². The number of rotatable bonds is 2. The molecule has 0 aromatic heterocycles. The van der Waals surface area contributed by atoms with Crippen LogP contribution in [0.5, 0.6) is 5.75 Å². The highest BCUT2D eigenvalue weighted by Gasteiger charge is 2.53. The third-order valence-electron chi connectivity index (χ3n) is 5.98. The minimum Gasteiger partial charge on any atom is -0.508 e. The number of phenolic OH excluding ortho intramolecular Hbond substituents is 1. The zero-order valence-electron chi connectivity index (χ0n) is 11.6. The molecule has 5 unspecified atom stereocenters. The molecule has 102 valence electrons. The molecule has 2 heteroatoms. The van der Waals surface area contributed by atoms with Crippen molar-refractivity contribution >= 4 is 5.69 Å². The first kappa shape index (κ1) is 11.6. The molecule has 0 aliphatic heterocycles. The summed E-state index contributed by atoms with van der Waals surface area (Å²) in [7, 11) is 0. The van der Waals surface area contributed by atoms with Crippen LogP contribution in [0, 0.1) is 30.6 Å². The maximum atomic E-state index is 9.50. The number of benzene rings is 1. The second-order valence-corrected chi connectivity index (χ2v) is 6.90. The lowest BCUT2D eigenvalue weighted by Crippen LogP contribution is -2.34. The lowest BCUT2D eigenvalue weighted by molar-refractivity contribution is 0.243. The molecule has 1 aromatic carbocycles. The van der Waals surface area contributed by atoms with Gasteiger partial charge in [0.15, 0.2) is 0 Å². The Balaban J connectivity index is 1.52. The molecule has 3 saturated carbocycles. The highest BCUT2D eigenvalue weighted by atomic mass is 16.3. The summed E-state index contributed by atoms with van der Waals surface area (Å²) < 4.78 is 0. The van der Waals surface area contributed by atoms with Crippen molar-refractivity contribution in [3.05, 3.63) is 23.8 Å². The molecule has 1 aromatic rings. The predicted molar refractivity (Wildman–Crippen MR) is 77.3 cm³/mol. The highest BCUT2D eigenvalue weighted by Crippen LogP contribution is 2.59. The molecular formula is C17H23NO. The van der Waals surface area contributed by atoms with Crippen molar-refractivity contribution in [1.29, 1.82) is 0 Å². The molecular weight excluding hydrogens is 234 g/mol. The van der Waals surface area contributed by atoms with Crippen LogP contribution in [0.4, 0.5) is 5.69 Å². The summed E-state index contributed by atoms with van der Waals surface area (Å²) >= 11 is 0. The van der Waals surface area contributed by atoms with Crippen molar-refractivity contribution in [3.63, 3.8) is 0 Å². The largest absolute Gasteiger partial charge is 0.508 e. The first-order valence-electron chi connectivity index (χ1n) is 7.78. The minimum atomic E-state index is 0.367. The molecule has 4 rings (SSSR count). The fourth-order valence-corrected chi connectivity index (χ4v) is 5.24. The van der Waals surface area contributed by atoms with Gasteiger partial charge >= 0.3 is 0 Å². The lowest BCUT2D eigenvalue weighted by atomic mass is 9.79. The fourth-order valence-electron chi connectivity index (χ4n) is 5.24. The van der Waals surface area contributed by atoms with Crippen LogP contribution in [-0.4, -0.2) is 11.1 Å². The maximum absolute atomic E-state index is 9.50. The maximum Gasteiger partial charge on any atom is 0.115 e. The summed E-state index contributed by atoms with van der Waals surface area (Å²) in [5.74, 6) is 4.34. The number of aromatic hydroxyl groups is 1. The monoisotopic (exact) mass is 257 g/mol. The van der Waals surface area contributed by atoms with Crippen LogP contribution >= 0.6 is 0 Å². The first-order valence-corrected chi connectivity index (χ1v) is 7.78. The normalized spacial score (nSPS) is 39.5. The van der Waals surface area contributed by atoms with E-state index in [1.807, 2.05) is 12.1 Å². The van der Waals surface area contributed by atoms with Gasteiger partial charge in [0.1, 0.15) is 5.75 Å². The molecule has 19 heavy (non-hydrogen) atoms. The number of hydrogen-bond acceptors (Lipinski definition) is 2. The fraction of sp³-hybridized carbons (Fsp3) is 0.647. The second kappa shape index (κ2) is 4.16. The summed E-state index contributed by atoms with van der Waals surface area (Å²) in [5.41, 5.74) is 2.37. The van der Waals surface area contributed by atoms with Crippen molar-refractivity contribution < 1.29 is 5.11 Å². The molecule has 0 radical (unpaired) electrons. The highest BCUT2D eigenvalue weighted by molar-refractivity contribution is 5.54. The Morgan fingerprint density at radius 3 is 2.79 bits per heavy atom. The zero-order chi connectivity index (χ0) is 13.0. The zero-order valence-corrected chi connectivity index (χ0v) is 11.6. The number of fused-ring (bicyclic) bond motifs is 5. The minimum absolute atomic E-state index is 0.367. The summed E-state index contributed by atoms with van der Waals surface area (Å²) in [6.45, 7) is 2.08. The van der Waals surface area contributed by atoms with Gasteiger partial charge in [0, 0.05) is 11.7 Å². The van der Waals surface area contributed by atoms with Crippen molar-refractivity contribution in [2.45, 2.75) is 45.1 Å². The third kappa shape index (κ3) is 1.76. The van der Waals surface area contributed by atoms with E-state index in [-0.39, 0.29) is 0 Å². The third-order valence-corrected chi connectivity index (χ3v) is 5.98. The molecule has 2 N–H and O–H groups in total. The molecule has 0 heterocycles. The number of nitrogens with one attached hydrogen (secondary N) is 1. The smallest absolute Gasteiger partial charge is 0.115 e. The van der Waals surface area contributed by atoms with E-state index in [1.165, 1.54) is 37.8 Å². The molecule has 0 amide bonds. The van der Waals surface area contributed by atoms with E-state index in [0.717, 1.165) is 29.2 Å². The van der Waals surface area contributed by atoms with E-state index in [0.29, 0.717) is 11.8 Å². The average molecular weight is 257 g/mol. The van der Waals surface area contributed by atoms with Gasteiger partial charge in [0.2, 0.25) is 0 Å². The van der Waals surface area contributed by atoms with E-state index in [1.54, 1.807) is 6.07 Å². The van der Waals surface area contributed by atoms with Gasteiger partial charge in [0.05, 0.1) is 0 Å². The van der Waals surface area contributed by atoms with Gasteiger partial charge in [-0.1, -0.05) is 6.42 Å². The predicted octanol–water partition coefficient (Wildman–Crippen LogP) is 3.94. The van der Waals surface area contributed by atoms with E-state index in [9.17, 15) is 5.11 Å². The Morgan fingerprint density at radius 2 is 1.95 bits per heavy atom. The van der Waals surface area contributed by atoms with Crippen molar-refractivity contribution in [3.8, 4) is 5.75 Å². The summed E-state index contributed by atoms with van der Waals surface area (Å²) in [6.07, 6.45) is 7.26. The van der Waals surface area contributed by atoms with E-state index < -0.39 is 0 Å². The van der Waals surface area contributed by atoms with E-state index in [4.69, 9.17) is 0 Å². The van der Waals surface area contributed by atoms with Crippen LogP contribution in [-0.2, 0) is 0 Å². The SMILES string of the molecule is Cc1cc(O)ccc1NC1CC2CC1C1CCCC21. The summed E-state index contributed by atoms with van der Waals surface area (Å²) in [6, 6.07) is 6.35. The van der Waals surface area contributed by atoms with E-state index >= 15 is 0 Å². The summed E-state index contributed by atoms with van der Waals surface area (Å²) in [4.78, 5) is 0. The van der Waals surface area contributed by atoms with Crippen LogP contribution in [0.25, 0.3) is 0 Å². The Kier molecular flexibility index (Phi) is 2.54. The number of aryl methyl sites for hydroxylation is 1. The van der Waals surface area contributed by atoms with Crippen LogP contribution in [0.3, 0.4) is 0 Å². The molecule has 3 aliphatic rings. The molecule has 0 saturated heterocycles. The van der Waals surface area contributed by atoms with Gasteiger partial charge in [0.25, 0.3) is 0 Å². The Labute approximate surface area is 115 Å². The van der Waals surface area contributed by atoms with Gasteiger partial charge in [-0.25, -0.2) is 0 Å². The van der Waals surface area contributed by atoms with Crippen LogP contribution in [0.15, 0.2) is 18.2 Å². The quantitative estimate of drug-likeness (QED) is 0.787. The molecule has 3 fully saturated rings. The van der Waals surface area contributed by atoms with E-state index in [2.05, 4.69) is 12.2 Å². The van der Waals surface area contributed by atoms with Crippen molar-refractivity contribution in [1.82, 2.24) is 0 Å². The average Bonchev–Trinajstić information content (AvgIpc) is 3.04. The standard InChI is InChI=1S/C17H23NO/c1-10-7-12(19)5-6-16(10)18-17-9-11-8-15(17)14-4-2-3-13(11)14/h5-7,11,13-15,17-19H,2-4,8-9H2,1H3. The Morgan fingerprint density at radius 1 is 1.11 bits per heavy atom. The van der Waals surface area contributed by atoms with Crippen molar-refractivity contribution in [2.75, 3.05) is 5.32 Å². The van der Waals surface area contributed by atoms with Gasteiger partial charge in [-0.3, -0.25) is 0 Å². The van der Waals surface area contributed by atoms with Gasteiger partial charge in [-0.2, -0.15) is 0 Å². The second-order valence-electron chi connectivity index (χ2n) is 6.90. The molecule has 0 spiro atoms. The Hall–Kier alpha value is -1.18. The number of anilines is 1. The number of hydrogen-bond donors (Lipinski definition) is 2. The molecule has 2 nitrogen and oxygen atoms in total. The van der Waals surface area contributed by atoms with Gasteiger partial charge in [-0.15, -0.1) is 0 Å². The van der Waals surface area contributed by atoms with Gasteiger partial charge < -0.3 is 10.4 Å². The van der Waals surface area contributed by atoms with Crippen LogP contribution in [0.1, 0.15) is 37.7 Å². The van der Waals surface area contributed by atoms with Crippen molar-refractivity contribution in [2.24, 2.45) is 23.7 Å². The topological polar surface area (TPSA) is 32.3 Å². The summed E-state index contributed by atoms with van der Waals surface area (Å²) in [5, 5.41) is 13.3. The molecule has 3 aliphatic carbocycles. The lowest BCUT2D eigenvalue weighted by Gasteiger charge is -2.33. The molecule has 2 bridgehead atoms.